The van der Waals surface area contributed by atoms with Gasteiger partial charge in [-0.1, -0.05) is 0 Å². The van der Waals surface area contributed by atoms with Crippen molar-refractivity contribution in [2.24, 2.45) is 0 Å². The maximum Gasteiger partial charge on any atom is 0.272 e. The molecule has 4 heterocycles. The highest BCUT2D eigenvalue weighted by Gasteiger charge is 2.28. The van der Waals surface area contributed by atoms with Crippen LogP contribution in [-0.2, 0) is 30.6 Å². The lowest BCUT2D eigenvalue weighted by atomic mass is 10.0. The topological polar surface area (TPSA) is 140 Å². The molecule has 0 aliphatic carbocycles. The minimum absolute atomic E-state index is 0.0269. The molecule has 0 saturated carbocycles. The summed E-state index contributed by atoms with van der Waals surface area (Å²) in [6.45, 7) is 0.659. The van der Waals surface area contributed by atoms with Crippen molar-refractivity contribution in [2.45, 2.75) is 31.8 Å². The van der Waals surface area contributed by atoms with E-state index in [1.807, 2.05) is 12.1 Å². The number of aliphatic hydroxyl groups is 1. The average Bonchev–Trinajstić information content (AvgIpc) is 3.44. The van der Waals surface area contributed by atoms with Crippen LogP contribution in [0.3, 0.4) is 0 Å². The van der Waals surface area contributed by atoms with Gasteiger partial charge < -0.3 is 20.3 Å². The predicted molar refractivity (Wildman–Crippen MR) is 114 cm³/mol. The molecule has 11 heteroatoms. The van der Waals surface area contributed by atoms with Crippen molar-refractivity contribution in [1.29, 1.82) is 0 Å². The molecular formula is C20H22BrN7O3. The third-order valence-corrected chi connectivity index (χ3v) is 5.67. The Morgan fingerprint density at radius 3 is 2.90 bits per heavy atom. The Morgan fingerprint density at radius 2 is 2.19 bits per heavy atom. The van der Waals surface area contributed by atoms with E-state index >= 15 is 0 Å². The van der Waals surface area contributed by atoms with E-state index in [1.54, 1.807) is 23.6 Å². The maximum absolute atomic E-state index is 12.7. The number of aliphatic hydroxyl groups excluding tert-OH is 1. The molecule has 0 saturated heterocycles. The molecule has 3 aromatic rings. The summed E-state index contributed by atoms with van der Waals surface area (Å²) in [5.41, 5.74) is 3.39. The Kier molecular flexibility index (Phi) is 6.42. The minimum atomic E-state index is -0.458. The van der Waals surface area contributed by atoms with Gasteiger partial charge in [-0.3, -0.25) is 19.7 Å². The third kappa shape index (κ3) is 5.00. The molecule has 1 aliphatic rings. The molecule has 0 radical (unpaired) electrons. The molecule has 10 nitrogen and oxygen atoms in total. The highest BCUT2D eigenvalue weighted by molar-refractivity contribution is 9.10. The van der Waals surface area contributed by atoms with Crippen LogP contribution in [-0.4, -0.2) is 66.2 Å². The molecule has 31 heavy (non-hydrogen) atoms. The van der Waals surface area contributed by atoms with Crippen LogP contribution in [0.4, 0.5) is 0 Å². The second kappa shape index (κ2) is 9.40. The van der Waals surface area contributed by atoms with Crippen LogP contribution in [0.15, 0.2) is 35.3 Å². The number of aromatic amines is 2. The van der Waals surface area contributed by atoms with Gasteiger partial charge >= 0.3 is 0 Å². The molecular weight excluding hydrogens is 466 g/mol. The normalized spacial score (nSPS) is 14.2. The number of nitrogens with zero attached hydrogens (tertiary/aromatic N) is 4. The van der Waals surface area contributed by atoms with Gasteiger partial charge in [-0.25, -0.2) is 4.98 Å². The molecule has 0 aromatic carbocycles. The zero-order chi connectivity index (χ0) is 21.8. The van der Waals surface area contributed by atoms with Crippen molar-refractivity contribution in [2.75, 3.05) is 13.2 Å². The first-order chi connectivity index (χ1) is 15.0. The summed E-state index contributed by atoms with van der Waals surface area (Å²) < 4.78 is 0.864. The number of aromatic nitrogens is 5. The zero-order valence-corrected chi connectivity index (χ0v) is 18.2. The highest BCUT2D eigenvalue weighted by atomic mass is 79.9. The Morgan fingerprint density at radius 1 is 1.32 bits per heavy atom. The van der Waals surface area contributed by atoms with E-state index in [1.165, 1.54) is 0 Å². The average molecular weight is 488 g/mol. The lowest BCUT2D eigenvalue weighted by Crippen LogP contribution is -2.40. The molecule has 1 aliphatic heterocycles. The second-order valence-electron chi connectivity index (χ2n) is 7.37. The molecule has 162 valence electrons. The summed E-state index contributed by atoms with van der Waals surface area (Å²) in [6, 6.07) is 3.22. The number of nitrogens with one attached hydrogen (secondary N) is 3. The third-order valence-electron chi connectivity index (χ3n) is 5.20. The van der Waals surface area contributed by atoms with Gasteiger partial charge in [-0.2, -0.15) is 5.10 Å². The Labute approximate surface area is 186 Å². The number of hydrogen-bond acceptors (Lipinski definition) is 6. The van der Waals surface area contributed by atoms with E-state index in [-0.39, 0.29) is 24.8 Å². The van der Waals surface area contributed by atoms with Gasteiger partial charge in [0.1, 0.15) is 0 Å². The van der Waals surface area contributed by atoms with Gasteiger partial charge in [0.2, 0.25) is 5.91 Å². The first kappa shape index (κ1) is 21.2. The molecule has 2 amide bonds. The number of amides is 2. The van der Waals surface area contributed by atoms with Crippen LogP contribution >= 0.6 is 15.9 Å². The fourth-order valence-corrected chi connectivity index (χ4v) is 3.81. The number of hydrogen-bond donors (Lipinski definition) is 4. The van der Waals surface area contributed by atoms with Crippen molar-refractivity contribution in [3.63, 3.8) is 0 Å². The number of halogens is 1. The summed E-state index contributed by atoms with van der Waals surface area (Å²) in [7, 11) is 0. The number of pyridine rings is 1. The molecule has 3 aromatic heterocycles. The van der Waals surface area contributed by atoms with E-state index in [4.69, 9.17) is 0 Å². The molecule has 0 unspecified atom stereocenters. The number of carbonyl (C=O) groups excluding carboxylic acids is 2. The Balaban J connectivity index is 1.38. The molecule has 1 atom stereocenters. The van der Waals surface area contributed by atoms with Crippen LogP contribution < -0.4 is 5.32 Å². The van der Waals surface area contributed by atoms with Crippen LogP contribution in [0.25, 0.3) is 0 Å². The van der Waals surface area contributed by atoms with Crippen molar-refractivity contribution < 1.29 is 14.7 Å². The van der Waals surface area contributed by atoms with Crippen molar-refractivity contribution in [3.8, 4) is 0 Å². The van der Waals surface area contributed by atoms with E-state index in [0.29, 0.717) is 37.3 Å². The lowest BCUT2D eigenvalue weighted by Gasteiger charge is -2.27. The Hall–Kier alpha value is -3.05. The van der Waals surface area contributed by atoms with Crippen LogP contribution in [0, 0.1) is 0 Å². The summed E-state index contributed by atoms with van der Waals surface area (Å²) in [4.78, 5) is 38.3. The van der Waals surface area contributed by atoms with Crippen LogP contribution in [0.2, 0.25) is 0 Å². The van der Waals surface area contributed by atoms with Gasteiger partial charge in [-0.15, -0.1) is 0 Å². The summed E-state index contributed by atoms with van der Waals surface area (Å²) in [6.07, 6.45) is 6.05. The van der Waals surface area contributed by atoms with Crippen LogP contribution in [0.1, 0.15) is 33.1 Å². The Bertz CT molecular complexity index is 1050. The highest BCUT2D eigenvalue weighted by Crippen LogP contribution is 2.21. The van der Waals surface area contributed by atoms with Crippen molar-refractivity contribution >= 4 is 27.7 Å². The molecule has 0 bridgehead atoms. The smallest absolute Gasteiger partial charge is 0.272 e. The van der Waals surface area contributed by atoms with Crippen LogP contribution in [0.5, 0.6) is 0 Å². The fourth-order valence-electron chi connectivity index (χ4n) is 3.57. The van der Waals surface area contributed by atoms with Gasteiger partial charge in [0.15, 0.2) is 5.69 Å². The monoisotopic (exact) mass is 487 g/mol. The van der Waals surface area contributed by atoms with E-state index in [9.17, 15) is 14.7 Å². The van der Waals surface area contributed by atoms with Crippen molar-refractivity contribution in [1.82, 2.24) is 35.4 Å². The number of H-pyrrole nitrogens is 2. The molecule has 0 fully saturated rings. The molecule has 4 rings (SSSR count). The second-order valence-corrected chi connectivity index (χ2v) is 8.29. The first-order valence-corrected chi connectivity index (χ1v) is 10.7. The maximum atomic E-state index is 12.7. The quantitative estimate of drug-likeness (QED) is 0.387. The zero-order valence-electron chi connectivity index (χ0n) is 16.6. The van der Waals surface area contributed by atoms with E-state index in [2.05, 4.69) is 46.4 Å². The molecule has 0 spiro atoms. The number of carbonyl (C=O) groups is 2. The molecule has 4 N–H and O–H groups in total. The van der Waals surface area contributed by atoms with E-state index < -0.39 is 6.04 Å². The SMILES string of the molecule is O=C(N[C@H](CO)Cc1cnc[nH]1)c1n[nH]c2c1CCN(C(=O)Cc1ccc(Br)cn1)C2. The van der Waals surface area contributed by atoms with Crippen molar-refractivity contribution in [3.05, 3.63) is 63.7 Å². The van der Waals surface area contributed by atoms with Gasteiger partial charge in [0, 0.05) is 46.8 Å². The predicted octanol–water partition coefficient (Wildman–Crippen LogP) is 0.751. The standard InChI is InChI=1S/C20H22BrN7O3/c21-12-1-2-13(23-7-12)6-18(30)28-4-3-16-17(9-28)26-27-19(16)20(31)25-15(10-29)5-14-8-22-11-24-14/h1-2,7-8,11,15,29H,3-6,9-10H2,(H,22,24)(H,25,31)(H,26,27)/t15-/m0/s1. The number of fused-ring (bicyclic) bond motifs is 1. The van der Waals surface area contributed by atoms with Gasteiger partial charge in [0.05, 0.1) is 37.6 Å². The van der Waals surface area contributed by atoms with Gasteiger partial charge in [-0.05, 0) is 34.5 Å². The number of rotatable bonds is 7. The fraction of sp³-hybridized carbons (Fsp3) is 0.350. The first-order valence-electron chi connectivity index (χ1n) is 9.86. The summed E-state index contributed by atoms with van der Waals surface area (Å²) in [5.74, 6) is -0.379. The largest absolute Gasteiger partial charge is 0.394 e. The minimum Gasteiger partial charge on any atom is -0.394 e. The number of imidazole rings is 1. The van der Waals surface area contributed by atoms with E-state index in [0.717, 1.165) is 21.4 Å². The summed E-state index contributed by atoms with van der Waals surface area (Å²) >= 11 is 3.33. The summed E-state index contributed by atoms with van der Waals surface area (Å²) in [5, 5.41) is 19.5. The van der Waals surface area contributed by atoms with Gasteiger partial charge in [0.25, 0.3) is 5.91 Å². The lowest BCUT2D eigenvalue weighted by molar-refractivity contribution is -0.131.